The van der Waals surface area contributed by atoms with Crippen LogP contribution in [0.4, 0.5) is 0 Å². The van der Waals surface area contributed by atoms with Crippen LogP contribution in [0.5, 0.6) is 0 Å². The molecule has 0 bridgehead atoms. The zero-order chi connectivity index (χ0) is 12.7. The first-order valence-corrected chi connectivity index (χ1v) is 6.14. The number of rotatable bonds is 6. The van der Waals surface area contributed by atoms with Crippen LogP contribution >= 0.6 is 0 Å². The molecule has 0 spiro atoms. The van der Waals surface area contributed by atoms with Gasteiger partial charge in [0.1, 0.15) is 0 Å². The van der Waals surface area contributed by atoms with Crippen LogP contribution in [0.1, 0.15) is 32.6 Å². The van der Waals surface area contributed by atoms with E-state index < -0.39 is 0 Å². The van der Waals surface area contributed by atoms with Crippen LogP contribution in [0.3, 0.4) is 0 Å². The molecule has 1 aliphatic heterocycles. The summed E-state index contributed by atoms with van der Waals surface area (Å²) in [4.78, 5) is 24.5. The average Bonchev–Trinajstić information content (AvgIpc) is 2.79. The highest BCUT2D eigenvalue weighted by molar-refractivity contribution is 5.77. The van der Waals surface area contributed by atoms with Gasteiger partial charge >= 0.3 is 5.97 Å². The molecule has 0 N–H and O–H groups in total. The number of amides is 1. The number of nitrogens with zero attached hydrogens (tertiary/aromatic N) is 1. The standard InChI is InChI=1S/C12H21NO4/c1-3-16-12(15)6-7-13(2)11(14)9-10-5-4-8-17-10/h10H,3-9H2,1-2H3. The topological polar surface area (TPSA) is 55.8 Å². The van der Waals surface area contributed by atoms with Crippen molar-refractivity contribution in [2.24, 2.45) is 0 Å². The molecule has 1 fully saturated rings. The van der Waals surface area contributed by atoms with Gasteiger partial charge in [-0.3, -0.25) is 9.59 Å². The lowest BCUT2D eigenvalue weighted by Crippen LogP contribution is -2.31. The van der Waals surface area contributed by atoms with E-state index in [0.29, 0.717) is 19.6 Å². The molecule has 1 heterocycles. The van der Waals surface area contributed by atoms with Crippen LogP contribution in [-0.2, 0) is 19.1 Å². The monoisotopic (exact) mass is 243 g/mol. The molecule has 1 saturated heterocycles. The third-order valence-electron chi connectivity index (χ3n) is 2.81. The largest absolute Gasteiger partial charge is 0.466 e. The predicted octanol–water partition coefficient (Wildman–Crippen LogP) is 0.967. The fourth-order valence-electron chi connectivity index (χ4n) is 1.77. The third-order valence-corrected chi connectivity index (χ3v) is 2.81. The van der Waals surface area contributed by atoms with Gasteiger partial charge in [0.15, 0.2) is 0 Å². The minimum absolute atomic E-state index is 0.0289. The van der Waals surface area contributed by atoms with E-state index in [4.69, 9.17) is 9.47 Å². The Morgan fingerprint density at radius 1 is 1.47 bits per heavy atom. The van der Waals surface area contributed by atoms with Crippen molar-refractivity contribution in [1.82, 2.24) is 4.90 Å². The normalized spacial score (nSPS) is 19.1. The van der Waals surface area contributed by atoms with Gasteiger partial charge in [0, 0.05) is 20.2 Å². The van der Waals surface area contributed by atoms with Crippen molar-refractivity contribution in [3.8, 4) is 0 Å². The third kappa shape index (κ3) is 5.17. The summed E-state index contributed by atoms with van der Waals surface area (Å²) in [6.07, 6.45) is 2.72. The summed E-state index contributed by atoms with van der Waals surface area (Å²) in [5.41, 5.74) is 0. The van der Waals surface area contributed by atoms with Crippen LogP contribution in [0.25, 0.3) is 0 Å². The molecule has 17 heavy (non-hydrogen) atoms. The van der Waals surface area contributed by atoms with Crippen LogP contribution in [-0.4, -0.2) is 49.7 Å². The molecule has 0 aliphatic carbocycles. The lowest BCUT2D eigenvalue weighted by Gasteiger charge is -2.18. The van der Waals surface area contributed by atoms with E-state index in [0.717, 1.165) is 19.4 Å². The first-order chi connectivity index (χ1) is 8.13. The maximum absolute atomic E-state index is 11.8. The van der Waals surface area contributed by atoms with E-state index in [1.807, 2.05) is 0 Å². The number of esters is 1. The fourth-order valence-corrected chi connectivity index (χ4v) is 1.77. The minimum Gasteiger partial charge on any atom is -0.466 e. The molecular formula is C12H21NO4. The molecule has 1 atom stereocenters. The smallest absolute Gasteiger partial charge is 0.307 e. The van der Waals surface area contributed by atoms with E-state index in [2.05, 4.69) is 0 Å². The van der Waals surface area contributed by atoms with Gasteiger partial charge in [-0.25, -0.2) is 0 Å². The highest BCUT2D eigenvalue weighted by Gasteiger charge is 2.21. The quantitative estimate of drug-likeness (QED) is 0.652. The molecule has 0 aromatic rings. The number of hydrogen-bond donors (Lipinski definition) is 0. The van der Waals surface area contributed by atoms with Gasteiger partial charge in [-0.15, -0.1) is 0 Å². The van der Waals surface area contributed by atoms with E-state index in [1.54, 1.807) is 18.9 Å². The number of ether oxygens (including phenoxy) is 2. The van der Waals surface area contributed by atoms with Crippen molar-refractivity contribution in [3.05, 3.63) is 0 Å². The Morgan fingerprint density at radius 2 is 2.24 bits per heavy atom. The van der Waals surface area contributed by atoms with Gasteiger partial charge in [-0.05, 0) is 19.8 Å². The van der Waals surface area contributed by atoms with E-state index >= 15 is 0 Å². The molecule has 5 nitrogen and oxygen atoms in total. The Bertz CT molecular complexity index is 261. The Morgan fingerprint density at radius 3 is 2.82 bits per heavy atom. The molecule has 0 aromatic heterocycles. The number of carbonyl (C=O) groups excluding carboxylic acids is 2. The van der Waals surface area contributed by atoms with Gasteiger partial charge in [0.2, 0.25) is 5.91 Å². The average molecular weight is 243 g/mol. The lowest BCUT2D eigenvalue weighted by molar-refractivity contribution is -0.144. The van der Waals surface area contributed by atoms with Crippen LogP contribution in [0.15, 0.2) is 0 Å². The molecule has 0 aromatic carbocycles. The highest BCUT2D eigenvalue weighted by Crippen LogP contribution is 2.16. The summed E-state index contributed by atoms with van der Waals surface area (Å²) in [5.74, 6) is -0.231. The molecule has 1 unspecified atom stereocenters. The van der Waals surface area contributed by atoms with Crippen molar-refractivity contribution in [3.63, 3.8) is 0 Å². The second kappa shape index (κ2) is 7.27. The molecule has 0 saturated carbocycles. The Hall–Kier alpha value is -1.10. The SMILES string of the molecule is CCOC(=O)CCN(C)C(=O)CC1CCCO1. The Balaban J connectivity index is 2.19. The van der Waals surface area contributed by atoms with Crippen molar-refractivity contribution >= 4 is 11.9 Å². The summed E-state index contributed by atoms with van der Waals surface area (Å²) in [7, 11) is 1.70. The molecular weight excluding hydrogens is 222 g/mol. The fraction of sp³-hybridized carbons (Fsp3) is 0.833. The summed E-state index contributed by atoms with van der Waals surface area (Å²) >= 11 is 0. The van der Waals surface area contributed by atoms with E-state index in [-0.39, 0.29) is 24.4 Å². The summed E-state index contributed by atoms with van der Waals surface area (Å²) in [5, 5.41) is 0. The van der Waals surface area contributed by atoms with Crippen molar-refractivity contribution < 1.29 is 19.1 Å². The summed E-state index contributed by atoms with van der Waals surface area (Å²) < 4.78 is 10.2. The second-order valence-electron chi connectivity index (χ2n) is 4.21. The zero-order valence-electron chi connectivity index (χ0n) is 10.6. The van der Waals surface area contributed by atoms with Crippen molar-refractivity contribution in [1.29, 1.82) is 0 Å². The zero-order valence-corrected chi connectivity index (χ0v) is 10.6. The van der Waals surface area contributed by atoms with Crippen molar-refractivity contribution in [2.45, 2.75) is 38.7 Å². The lowest BCUT2D eigenvalue weighted by atomic mass is 10.1. The number of hydrogen-bond acceptors (Lipinski definition) is 4. The first kappa shape index (κ1) is 14.0. The molecule has 1 aliphatic rings. The molecule has 1 amide bonds. The first-order valence-electron chi connectivity index (χ1n) is 6.14. The van der Waals surface area contributed by atoms with Crippen LogP contribution in [0, 0.1) is 0 Å². The van der Waals surface area contributed by atoms with E-state index in [9.17, 15) is 9.59 Å². The second-order valence-corrected chi connectivity index (χ2v) is 4.21. The van der Waals surface area contributed by atoms with E-state index in [1.165, 1.54) is 0 Å². The van der Waals surface area contributed by atoms with Crippen LogP contribution in [0.2, 0.25) is 0 Å². The minimum atomic E-state index is -0.260. The Labute approximate surface area is 102 Å². The van der Waals surface area contributed by atoms with Gasteiger partial charge < -0.3 is 14.4 Å². The Kier molecular flexibility index (Phi) is 5.97. The molecule has 98 valence electrons. The molecule has 0 radical (unpaired) electrons. The van der Waals surface area contributed by atoms with Gasteiger partial charge in [-0.1, -0.05) is 0 Å². The summed E-state index contributed by atoms with van der Waals surface area (Å²) in [6.45, 7) is 3.31. The predicted molar refractivity (Wildman–Crippen MR) is 62.5 cm³/mol. The van der Waals surface area contributed by atoms with Crippen molar-refractivity contribution in [2.75, 3.05) is 26.8 Å². The maximum atomic E-state index is 11.8. The number of carbonyl (C=O) groups is 2. The maximum Gasteiger partial charge on any atom is 0.307 e. The molecule has 5 heteroatoms. The van der Waals surface area contributed by atoms with Gasteiger partial charge in [-0.2, -0.15) is 0 Å². The van der Waals surface area contributed by atoms with Gasteiger partial charge in [0.05, 0.1) is 25.6 Å². The van der Waals surface area contributed by atoms with Gasteiger partial charge in [0.25, 0.3) is 0 Å². The molecule has 1 rings (SSSR count). The van der Waals surface area contributed by atoms with Crippen LogP contribution < -0.4 is 0 Å². The summed E-state index contributed by atoms with van der Waals surface area (Å²) in [6, 6.07) is 0. The highest BCUT2D eigenvalue weighted by atomic mass is 16.5.